The first-order valence-electron chi connectivity index (χ1n) is 16.3. The summed E-state index contributed by atoms with van der Waals surface area (Å²) >= 11 is 0. The summed E-state index contributed by atoms with van der Waals surface area (Å²) in [5.41, 5.74) is -3.46. The number of nitro groups is 1. The van der Waals surface area contributed by atoms with E-state index in [1.807, 2.05) is 0 Å². The average molecular weight is 688 g/mol. The zero-order chi connectivity index (χ0) is 37.5. The lowest BCUT2D eigenvalue weighted by molar-refractivity contribution is -0.425. The van der Waals surface area contributed by atoms with Gasteiger partial charge in [0.1, 0.15) is 11.7 Å². The number of likely N-dealkylation sites (tertiary alicyclic amines) is 1. The minimum atomic E-state index is -1.87. The number of likely N-dealkylation sites (N-methyl/N-ethyl adjacent to an activating group) is 1. The van der Waals surface area contributed by atoms with E-state index in [0.29, 0.717) is 11.1 Å². The molecular formula is C36H53N3O10. The monoisotopic (exact) mass is 687 g/mol. The number of hydrogen-bond donors (Lipinski definition) is 4. The molecule has 0 radical (unpaired) electrons. The number of aliphatic hydroxyl groups is 3. The first-order valence-corrected chi connectivity index (χ1v) is 16.3. The Bertz CT molecular complexity index is 1440. The first-order chi connectivity index (χ1) is 22.7. The van der Waals surface area contributed by atoms with Crippen molar-refractivity contribution in [3.63, 3.8) is 0 Å². The van der Waals surface area contributed by atoms with E-state index in [2.05, 4.69) is 5.32 Å². The fourth-order valence-electron chi connectivity index (χ4n) is 6.46. The molecule has 0 aliphatic carbocycles. The predicted octanol–water partition coefficient (Wildman–Crippen LogP) is 3.16. The van der Waals surface area contributed by atoms with Crippen molar-refractivity contribution < 1.29 is 44.1 Å². The Kier molecular flexibility index (Phi) is 14.0. The molecule has 0 bridgehead atoms. The van der Waals surface area contributed by atoms with Crippen LogP contribution in [0.3, 0.4) is 0 Å². The standard InChI is InChI=1S/C36H53N3O10/c1-22(26(5)39(46)47)17-13-11-14-18-23(2)30(41)34(7,8)32(43)37-20-16-12-15-19-28(40)24(3)21-29(48-10)36(45)25(4)31(42)38(9)35(36)27(6)49-33(35)44/h11-19,24-25,27-30,40-41,45H,20-21H2,1-10H3,(H,37,43)/b14-11-,16-12+,17-13-,19-15+,23-18-,26-22+/t24-,25+,27?,28+,29+,30-,35-,36-/m1/s1. The van der Waals surface area contributed by atoms with Crippen LogP contribution >= 0.6 is 0 Å². The molecule has 49 heavy (non-hydrogen) atoms. The van der Waals surface area contributed by atoms with Crippen LogP contribution in [-0.4, -0.2) is 99.2 Å². The van der Waals surface area contributed by atoms with E-state index < -0.39 is 69.6 Å². The number of aliphatic hydroxyl groups excluding tert-OH is 2. The predicted molar refractivity (Wildman–Crippen MR) is 184 cm³/mol. The molecule has 2 aliphatic rings. The number of carbonyl (C=O) groups excluding carboxylic acids is 3. The maximum Gasteiger partial charge on any atom is 0.339 e. The number of nitrogens with zero attached hydrogens (tertiary/aromatic N) is 2. The van der Waals surface area contributed by atoms with Crippen molar-refractivity contribution in [3.05, 3.63) is 81.6 Å². The highest BCUT2D eigenvalue weighted by atomic mass is 16.6. The maximum atomic E-state index is 12.9. The molecule has 1 unspecified atom stereocenters. The van der Waals surface area contributed by atoms with Gasteiger partial charge in [0.2, 0.25) is 23.1 Å². The molecule has 13 nitrogen and oxygen atoms in total. The van der Waals surface area contributed by atoms with Crippen LogP contribution in [0.15, 0.2) is 71.5 Å². The van der Waals surface area contributed by atoms with Gasteiger partial charge in [0, 0.05) is 33.2 Å². The quantitative estimate of drug-likeness (QED) is 0.0812. The minimum absolute atomic E-state index is 0.0567. The number of esters is 1. The topological polar surface area (TPSA) is 189 Å². The average Bonchev–Trinajstić information content (AvgIpc) is 3.22. The molecule has 272 valence electrons. The van der Waals surface area contributed by atoms with Crippen LogP contribution in [0, 0.1) is 27.4 Å². The molecule has 4 N–H and O–H groups in total. The summed E-state index contributed by atoms with van der Waals surface area (Å²) in [5, 5.41) is 47.2. The summed E-state index contributed by atoms with van der Waals surface area (Å²) in [6.45, 7) is 13.2. The number of amides is 2. The molecule has 8 atom stereocenters. The Morgan fingerprint density at radius 3 is 2.33 bits per heavy atom. The van der Waals surface area contributed by atoms with E-state index in [-0.39, 0.29) is 24.6 Å². The van der Waals surface area contributed by atoms with Crippen LogP contribution in [0.4, 0.5) is 0 Å². The molecule has 2 rings (SSSR count). The molecule has 1 spiro atoms. The second kappa shape index (κ2) is 16.7. The number of nitrogens with one attached hydrogen (secondary N) is 1. The zero-order valence-electron chi connectivity index (χ0n) is 30.2. The third kappa shape index (κ3) is 8.12. The van der Waals surface area contributed by atoms with Crippen LogP contribution in [0.5, 0.6) is 0 Å². The number of carbonyl (C=O) groups is 3. The van der Waals surface area contributed by atoms with Crippen molar-refractivity contribution in [2.45, 2.75) is 97.4 Å². The Balaban J connectivity index is 1.95. The lowest BCUT2D eigenvalue weighted by Crippen LogP contribution is -2.80. The van der Waals surface area contributed by atoms with Gasteiger partial charge in [-0.1, -0.05) is 68.5 Å². The molecule has 2 amide bonds. The van der Waals surface area contributed by atoms with Crippen molar-refractivity contribution in [1.82, 2.24) is 10.2 Å². The fourth-order valence-corrected chi connectivity index (χ4v) is 6.46. The van der Waals surface area contributed by atoms with Gasteiger partial charge in [0.25, 0.3) is 0 Å². The largest absolute Gasteiger partial charge is 0.457 e. The van der Waals surface area contributed by atoms with Crippen LogP contribution in [0.1, 0.15) is 61.8 Å². The molecular weight excluding hydrogens is 634 g/mol. The molecule has 13 heteroatoms. The van der Waals surface area contributed by atoms with Crippen LogP contribution in [-0.2, 0) is 23.9 Å². The summed E-state index contributed by atoms with van der Waals surface area (Å²) in [7, 11) is 2.87. The Morgan fingerprint density at radius 2 is 1.78 bits per heavy atom. The van der Waals surface area contributed by atoms with Gasteiger partial charge in [0.15, 0.2) is 0 Å². The summed E-state index contributed by atoms with van der Waals surface area (Å²) in [6.07, 6.45) is 11.2. The number of ether oxygens (including phenoxy) is 2. The smallest absolute Gasteiger partial charge is 0.339 e. The highest BCUT2D eigenvalue weighted by molar-refractivity contribution is 5.99. The molecule has 0 aromatic carbocycles. The van der Waals surface area contributed by atoms with Gasteiger partial charge in [-0.05, 0) is 52.5 Å². The SMILES string of the molecule is CO[C@@H](C[C@@H](C)[C@@H](O)/C=C/C=C/CNC(=O)C(C)(C)[C@H](O)\C(C)=C/C=C\C=C/C(C)=C(\C)[N+](=O)[O-])[C@]1(O)[C@@H](C)C(=O)N(C)[C@]12C(=O)OC2C. The Morgan fingerprint density at radius 1 is 1.14 bits per heavy atom. The summed E-state index contributed by atoms with van der Waals surface area (Å²) < 4.78 is 10.9. The van der Waals surface area contributed by atoms with Gasteiger partial charge in [-0.25, -0.2) is 4.79 Å². The number of hydrogen-bond acceptors (Lipinski definition) is 10. The van der Waals surface area contributed by atoms with Crippen molar-refractivity contribution in [1.29, 1.82) is 0 Å². The molecule has 0 aromatic heterocycles. The third-order valence-electron chi connectivity index (χ3n) is 10.0. The highest BCUT2D eigenvalue weighted by Gasteiger charge is 2.80. The molecule has 2 fully saturated rings. The fraction of sp³-hybridized carbons (Fsp3) is 0.583. The van der Waals surface area contributed by atoms with Gasteiger partial charge < -0.3 is 35.0 Å². The van der Waals surface area contributed by atoms with E-state index in [1.54, 1.807) is 103 Å². The summed E-state index contributed by atoms with van der Waals surface area (Å²) in [5.74, 6) is -2.82. The van der Waals surface area contributed by atoms with Crippen molar-refractivity contribution in [2.24, 2.45) is 17.3 Å². The van der Waals surface area contributed by atoms with Gasteiger partial charge >= 0.3 is 5.97 Å². The van der Waals surface area contributed by atoms with Crippen LogP contribution in [0.2, 0.25) is 0 Å². The van der Waals surface area contributed by atoms with Gasteiger partial charge in [-0.3, -0.25) is 19.7 Å². The van der Waals surface area contributed by atoms with Crippen LogP contribution < -0.4 is 5.32 Å². The minimum Gasteiger partial charge on any atom is -0.457 e. The number of cyclic esters (lactones) is 1. The number of allylic oxidation sites excluding steroid dienone is 9. The van der Waals surface area contributed by atoms with Gasteiger partial charge in [-0.15, -0.1) is 0 Å². The maximum absolute atomic E-state index is 12.9. The lowest BCUT2D eigenvalue weighted by Gasteiger charge is -2.55. The number of methoxy groups -OCH3 is 1. The molecule has 0 aromatic rings. The van der Waals surface area contributed by atoms with E-state index in [1.165, 1.54) is 26.0 Å². The van der Waals surface area contributed by atoms with Gasteiger partial charge in [-0.2, -0.15) is 0 Å². The number of rotatable bonds is 16. The van der Waals surface area contributed by atoms with Crippen LogP contribution in [0.25, 0.3) is 0 Å². The van der Waals surface area contributed by atoms with E-state index in [0.717, 1.165) is 0 Å². The zero-order valence-corrected chi connectivity index (χ0v) is 30.2. The summed E-state index contributed by atoms with van der Waals surface area (Å²) in [6, 6.07) is 0. The van der Waals surface area contributed by atoms with E-state index >= 15 is 0 Å². The van der Waals surface area contributed by atoms with Crippen molar-refractivity contribution >= 4 is 17.8 Å². The summed E-state index contributed by atoms with van der Waals surface area (Å²) in [4.78, 5) is 50.2. The second-order valence-corrected chi connectivity index (χ2v) is 13.5. The van der Waals surface area contributed by atoms with E-state index in [9.17, 15) is 39.8 Å². The Hall–Kier alpha value is -3.91. The molecule has 2 heterocycles. The second-order valence-electron chi connectivity index (χ2n) is 13.5. The Labute approximate surface area is 288 Å². The third-order valence-corrected chi connectivity index (χ3v) is 10.0. The molecule has 0 saturated carbocycles. The molecule has 2 aliphatic heterocycles. The molecule has 2 saturated heterocycles. The van der Waals surface area contributed by atoms with Crippen molar-refractivity contribution in [2.75, 3.05) is 20.7 Å². The van der Waals surface area contributed by atoms with E-state index in [4.69, 9.17) is 9.47 Å². The lowest BCUT2D eigenvalue weighted by atomic mass is 9.65. The normalized spacial score (nSPS) is 27.9. The first kappa shape index (κ1) is 41.3. The van der Waals surface area contributed by atoms with Crippen molar-refractivity contribution in [3.8, 4) is 0 Å². The van der Waals surface area contributed by atoms with Gasteiger partial charge in [0.05, 0.1) is 34.6 Å². The highest BCUT2D eigenvalue weighted by Crippen LogP contribution is 2.54.